The van der Waals surface area contributed by atoms with Crippen molar-refractivity contribution in [3.05, 3.63) is 77.5 Å². The Morgan fingerprint density at radius 3 is 1.91 bits per heavy atom. The number of rotatable bonds is 3. The zero-order valence-electron chi connectivity index (χ0n) is 13.1. The molecule has 0 aromatic heterocycles. The Labute approximate surface area is 142 Å². The Kier molecular flexibility index (Phi) is 7.76. The molecule has 0 heterocycles. The maximum absolute atomic E-state index is 12.0. The smallest absolute Gasteiger partial charge is 0.619 e. The number of carbonyl (C=O) groups is 2. The van der Waals surface area contributed by atoms with Gasteiger partial charge in [0.1, 0.15) is 5.91 Å². The van der Waals surface area contributed by atoms with Crippen LogP contribution in [0.4, 0.5) is 5.69 Å². The number of aryl methyl sites for hydroxylation is 3. The first-order chi connectivity index (χ1) is 9.49. The SMILES string of the molecule is Cc1cc(C)c([N-]C(=O)C(=O)c2ccccc2)c(C)c1.[CH3-].[Ni+2]. The molecule has 2 rings (SSSR count). The monoisotopic (exact) mass is 339 g/mol. The van der Waals surface area contributed by atoms with E-state index in [4.69, 9.17) is 0 Å². The van der Waals surface area contributed by atoms with Crippen molar-refractivity contribution in [3.63, 3.8) is 0 Å². The molecule has 0 radical (unpaired) electrons. The van der Waals surface area contributed by atoms with E-state index < -0.39 is 11.7 Å². The van der Waals surface area contributed by atoms with Gasteiger partial charge < -0.3 is 17.5 Å². The van der Waals surface area contributed by atoms with Gasteiger partial charge in [0.25, 0.3) is 0 Å². The second kappa shape index (κ2) is 8.50. The quantitative estimate of drug-likeness (QED) is 0.358. The molecule has 22 heavy (non-hydrogen) atoms. The van der Waals surface area contributed by atoms with Crippen molar-refractivity contribution in [1.82, 2.24) is 0 Å². The minimum absolute atomic E-state index is 0. The van der Waals surface area contributed by atoms with Crippen LogP contribution in [0.15, 0.2) is 42.5 Å². The van der Waals surface area contributed by atoms with Crippen LogP contribution in [0.3, 0.4) is 0 Å². The fourth-order valence-corrected chi connectivity index (χ4v) is 2.21. The maximum Gasteiger partial charge on any atom is 2.00 e. The molecule has 0 aliphatic carbocycles. The van der Waals surface area contributed by atoms with Gasteiger partial charge in [-0.2, -0.15) is 0 Å². The van der Waals surface area contributed by atoms with Crippen molar-refractivity contribution in [2.75, 3.05) is 0 Å². The third-order valence-electron chi connectivity index (χ3n) is 3.08. The van der Waals surface area contributed by atoms with Crippen molar-refractivity contribution in [1.29, 1.82) is 0 Å². The van der Waals surface area contributed by atoms with Crippen LogP contribution in [-0.2, 0) is 21.3 Å². The van der Waals surface area contributed by atoms with Crippen molar-refractivity contribution in [2.45, 2.75) is 20.8 Å². The largest absolute Gasteiger partial charge is 2.00 e. The normalized spacial score (nSPS) is 9.23. The van der Waals surface area contributed by atoms with Crippen molar-refractivity contribution >= 4 is 17.4 Å². The molecule has 0 bridgehead atoms. The minimum Gasteiger partial charge on any atom is -0.619 e. The van der Waals surface area contributed by atoms with Gasteiger partial charge in [-0.25, -0.2) is 0 Å². The summed E-state index contributed by atoms with van der Waals surface area (Å²) in [6.07, 6.45) is 0. The van der Waals surface area contributed by atoms with Crippen LogP contribution < -0.4 is 0 Å². The zero-order valence-corrected chi connectivity index (χ0v) is 14.1. The average Bonchev–Trinajstić information content (AvgIpc) is 2.42. The number of benzene rings is 2. The van der Waals surface area contributed by atoms with Crippen molar-refractivity contribution in [3.8, 4) is 0 Å². The van der Waals surface area contributed by atoms with E-state index in [1.807, 2.05) is 32.9 Å². The third-order valence-corrected chi connectivity index (χ3v) is 3.08. The summed E-state index contributed by atoms with van der Waals surface area (Å²) in [5, 5.41) is 3.99. The van der Waals surface area contributed by atoms with Crippen LogP contribution >= 0.6 is 0 Å². The van der Waals surface area contributed by atoms with Crippen LogP contribution in [-0.4, -0.2) is 11.7 Å². The predicted octanol–water partition coefficient (Wildman–Crippen LogP) is 4.47. The number of hydrogen-bond acceptors (Lipinski definition) is 2. The molecular weight excluding hydrogens is 321 g/mol. The topological polar surface area (TPSA) is 48.2 Å². The van der Waals surface area contributed by atoms with E-state index in [-0.39, 0.29) is 23.9 Å². The minimum atomic E-state index is -0.730. The van der Waals surface area contributed by atoms with E-state index in [1.165, 1.54) is 0 Å². The van der Waals surface area contributed by atoms with Crippen LogP contribution in [0.2, 0.25) is 0 Å². The number of ketones is 1. The molecule has 0 saturated heterocycles. The van der Waals surface area contributed by atoms with E-state index >= 15 is 0 Å². The van der Waals surface area contributed by atoms with Crippen LogP contribution in [0.5, 0.6) is 0 Å². The molecule has 0 aliphatic heterocycles. The summed E-state index contributed by atoms with van der Waals surface area (Å²) < 4.78 is 0. The summed E-state index contributed by atoms with van der Waals surface area (Å²) in [6.45, 7) is 5.76. The standard InChI is InChI=1S/C17H17NO2.CH3.Ni/c1-11-9-12(2)15(13(3)10-11)18-17(20)16(19)14-7-5-4-6-8-14;;/h4-10H,1-3H3,(H,18,20);1H3;/q;-1;+2/p-1. The second-order valence-corrected chi connectivity index (χ2v) is 4.86. The molecule has 1 amide bonds. The predicted molar refractivity (Wildman–Crippen MR) is 85.9 cm³/mol. The Balaban J connectivity index is 0.00000220. The van der Waals surface area contributed by atoms with Crippen molar-refractivity contribution < 1.29 is 26.1 Å². The summed E-state index contributed by atoms with van der Waals surface area (Å²) >= 11 is 0. The molecule has 2 aromatic carbocycles. The summed E-state index contributed by atoms with van der Waals surface area (Å²) in [4.78, 5) is 24.0. The number of Topliss-reactive ketones (excluding diaryl/α,β-unsaturated/α-hetero) is 1. The van der Waals surface area contributed by atoms with Gasteiger partial charge in [0.2, 0.25) is 5.78 Å². The Hall–Kier alpha value is -1.93. The Bertz CT molecular complexity index is 643. The first-order valence-corrected chi connectivity index (χ1v) is 6.42. The molecule has 0 N–H and O–H groups in total. The van der Waals surface area contributed by atoms with Gasteiger partial charge in [0, 0.05) is 5.56 Å². The number of amides is 1. The number of nitrogens with zero attached hydrogens (tertiary/aromatic N) is 1. The molecule has 2 aromatic rings. The Morgan fingerprint density at radius 1 is 0.909 bits per heavy atom. The molecule has 0 aliphatic rings. The van der Waals surface area contributed by atoms with Crippen LogP contribution in [0.1, 0.15) is 27.0 Å². The zero-order chi connectivity index (χ0) is 14.7. The van der Waals surface area contributed by atoms with Gasteiger partial charge in [-0.05, 0) is 20.8 Å². The fourth-order valence-electron chi connectivity index (χ4n) is 2.21. The van der Waals surface area contributed by atoms with Gasteiger partial charge in [-0.1, -0.05) is 59.2 Å². The molecule has 4 heteroatoms. The Morgan fingerprint density at radius 2 is 1.41 bits per heavy atom. The van der Waals surface area contributed by atoms with Gasteiger partial charge in [-0.15, -0.1) is 5.69 Å². The third kappa shape index (κ3) is 4.54. The van der Waals surface area contributed by atoms with E-state index in [1.54, 1.807) is 30.3 Å². The van der Waals surface area contributed by atoms with E-state index in [0.717, 1.165) is 16.7 Å². The molecule has 0 unspecified atom stereocenters. The van der Waals surface area contributed by atoms with Crippen molar-refractivity contribution in [2.24, 2.45) is 0 Å². The first-order valence-electron chi connectivity index (χ1n) is 6.42. The summed E-state index contributed by atoms with van der Waals surface area (Å²) in [6, 6.07) is 12.4. The van der Waals surface area contributed by atoms with Crippen LogP contribution in [0.25, 0.3) is 5.32 Å². The van der Waals surface area contributed by atoms with E-state index in [0.29, 0.717) is 11.3 Å². The summed E-state index contributed by atoms with van der Waals surface area (Å²) in [5.74, 6) is -1.31. The molecule has 0 spiro atoms. The van der Waals surface area contributed by atoms with Gasteiger partial charge in [0.05, 0.1) is 0 Å². The molecule has 0 atom stereocenters. The first kappa shape index (κ1) is 20.1. The summed E-state index contributed by atoms with van der Waals surface area (Å²) in [7, 11) is 0. The van der Waals surface area contributed by atoms with E-state index in [2.05, 4.69) is 5.32 Å². The van der Waals surface area contributed by atoms with Gasteiger partial charge in [-0.3, -0.25) is 4.79 Å². The average molecular weight is 340 g/mol. The molecule has 118 valence electrons. The second-order valence-electron chi connectivity index (χ2n) is 4.86. The molecular formula is C18H19NNiO2. The molecule has 3 nitrogen and oxygen atoms in total. The molecule has 0 saturated carbocycles. The van der Waals surface area contributed by atoms with Crippen LogP contribution in [0, 0.1) is 28.2 Å². The number of hydrogen-bond donors (Lipinski definition) is 0. The van der Waals surface area contributed by atoms with E-state index in [9.17, 15) is 9.59 Å². The molecule has 0 fully saturated rings. The number of carbonyl (C=O) groups excluding carboxylic acids is 2. The maximum atomic E-state index is 12.0. The summed E-state index contributed by atoms with van der Waals surface area (Å²) in [5.41, 5.74) is 3.86. The van der Waals surface area contributed by atoms with Gasteiger partial charge in [0.15, 0.2) is 0 Å². The van der Waals surface area contributed by atoms with Gasteiger partial charge >= 0.3 is 16.5 Å². The fraction of sp³-hybridized carbons (Fsp3) is 0.167.